The van der Waals surface area contributed by atoms with E-state index >= 15 is 0 Å². The van der Waals surface area contributed by atoms with E-state index in [0.717, 1.165) is 4.57 Å². The van der Waals surface area contributed by atoms with Crippen LogP contribution < -0.4 is 11.2 Å². The van der Waals surface area contributed by atoms with Gasteiger partial charge >= 0.3 is 5.69 Å². The Morgan fingerprint density at radius 3 is 2.75 bits per heavy atom. The summed E-state index contributed by atoms with van der Waals surface area (Å²) in [4.78, 5) is 27.7. The SMILES string of the molecule is C=CCn1c(=O)n(C)c(=O)c2c1ncn2C. The molecule has 6 nitrogen and oxygen atoms in total. The number of hydrogen-bond acceptors (Lipinski definition) is 3. The summed E-state index contributed by atoms with van der Waals surface area (Å²) in [6.45, 7) is 3.91. The maximum atomic E-state index is 11.9. The predicted molar refractivity (Wildman–Crippen MR) is 60.4 cm³/mol. The molecule has 0 radical (unpaired) electrons. The molecule has 0 bridgehead atoms. The third-order valence-electron chi connectivity index (χ3n) is 2.51. The van der Waals surface area contributed by atoms with Crippen molar-refractivity contribution in [3.05, 3.63) is 39.8 Å². The number of fused-ring (bicyclic) bond motifs is 1. The summed E-state index contributed by atoms with van der Waals surface area (Å²) >= 11 is 0. The predicted octanol–water partition coefficient (Wildman–Crippen LogP) is -0.380. The van der Waals surface area contributed by atoms with Crippen LogP contribution in [0.5, 0.6) is 0 Å². The minimum Gasteiger partial charge on any atom is -0.328 e. The second kappa shape index (κ2) is 3.48. The summed E-state index contributed by atoms with van der Waals surface area (Å²) in [5.41, 5.74) is 0.107. The van der Waals surface area contributed by atoms with E-state index in [2.05, 4.69) is 11.6 Å². The first-order valence-electron chi connectivity index (χ1n) is 4.79. The van der Waals surface area contributed by atoms with Crippen LogP contribution in [0, 0.1) is 0 Å². The van der Waals surface area contributed by atoms with Crippen LogP contribution in [0.1, 0.15) is 0 Å². The van der Waals surface area contributed by atoms with Crippen molar-refractivity contribution in [1.82, 2.24) is 18.7 Å². The topological polar surface area (TPSA) is 61.8 Å². The van der Waals surface area contributed by atoms with Crippen LogP contribution in [0.15, 0.2) is 28.6 Å². The minimum atomic E-state index is -0.379. The zero-order valence-corrected chi connectivity index (χ0v) is 9.17. The molecule has 0 aromatic carbocycles. The summed E-state index contributed by atoms with van der Waals surface area (Å²) in [7, 11) is 3.18. The molecule has 0 fully saturated rings. The zero-order chi connectivity index (χ0) is 11.9. The molecule has 16 heavy (non-hydrogen) atoms. The number of imidazole rings is 1. The van der Waals surface area contributed by atoms with Gasteiger partial charge in [-0.05, 0) is 0 Å². The standard InChI is InChI=1S/C10H12N4O2/c1-4-5-14-8-7(12(2)6-11-8)9(15)13(3)10(14)16/h4,6H,1,5H2,2-3H3. The molecule has 84 valence electrons. The molecule has 2 aromatic rings. The van der Waals surface area contributed by atoms with Crippen LogP contribution in [0.3, 0.4) is 0 Å². The average Bonchev–Trinajstić information content (AvgIpc) is 2.64. The Kier molecular flexibility index (Phi) is 2.26. The number of allylic oxidation sites excluding steroid dienone is 1. The normalized spacial score (nSPS) is 10.9. The highest BCUT2D eigenvalue weighted by molar-refractivity contribution is 5.69. The van der Waals surface area contributed by atoms with Crippen molar-refractivity contribution in [2.24, 2.45) is 14.1 Å². The highest BCUT2D eigenvalue weighted by Crippen LogP contribution is 2.03. The van der Waals surface area contributed by atoms with Gasteiger partial charge in [0.15, 0.2) is 11.2 Å². The molecular formula is C10H12N4O2. The van der Waals surface area contributed by atoms with E-state index in [1.165, 1.54) is 17.9 Å². The first-order valence-corrected chi connectivity index (χ1v) is 4.79. The summed E-state index contributed by atoms with van der Waals surface area (Å²) in [5.74, 6) is 0. The van der Waals surface area contributed by atoms with Gasteiger partial charge in [0.2, 0.25) is 0 Å². The monoisotopic (exact) mass is 220 g/mol. The molecule has 0 aliphatic heterocycles. The Labute approximate surface area is 91.1 Å². The summed E-state index contributed by atoms with van der Waals surface area (Å²) in [6, 6.07) is 0. The van der Waals surface area contributed by atoms with Gasteiger partial charge in [0.25, 0.3) is 5.56 Å². The van der Waals surface area contributed by atoms with Crippen molar-refractivity contribution in [2.45, 2.75) is 6.54 Å². The van der Waals surface area contributed by atoms with E-state index in [4.69, 9.17) is 0 Å². The molecule has 0 saturated heterocycles. The van der Waals surface area contributed by atoms with Crippen molar-refractivity contribution >= 4 is 11.2 Å². The molecule has 0 aliphatic rings. The van der Waals surface area contributed by atoms with Gasteiger partial charge in [0.1, 0.15) is 0 Å². The summed E-state index contributed by atoms with van der Waals surface area (Å²) < 4.78 is 4.11. The number of rotatable bonds is 2. The molecule has 0 amide bonds. The number of aryl methyl sites for hydroxylation is 1. The zero-order valence-electron chi connectivity index (χ0n) is 9.17. The van der Waals surface area contributed by atoms with Crippen molar-refractivity contribution in [3.63, 3.8) is 0 Å². The second-order valence-electron chi connectivity index (χ2n) is 3.57. The third kappa shape index (κ3) is 1.23. The van der Waals surface area contributed by atoms with Crippen molar-refractivity contribution < 1.29 is 0 Å². The van der Waals surface area contributed by atoms with Crippen LogP contribution in [0.2, 0.25) is 0 Å². The Hall–Kier alpha value is -2.11. The maximum Gasteiger partial charge on any atom is 0.332 e. The Balaban J connectivity index is 3.05. The Bertz CT molecular complexity index is 674. The molecule has 6 heteroatoms. The van der Waals surface area contributed by atoms with Gasteiger partial charge in [0, 0.05) is 20.6 Å². The van der Waals surface area contributed by atoms with Crippen molar-refractivity contribution in [3.8, 4) is 0 Å². The van der Waals surface area contributed by atoms with Gasteiger partial charge in [-0.1, -0.05) is 6.08 Å². The van der Waals surface area contributed by atoms with Crippen molar-refractivity contribution in [2.75, 3.05) is 0 Å². The van der Waals surface area contributed by atoms with Crippen LogP contribution in [-0.4, -0.2) is 18.7 Å². The lowest BCUT2D eigenvalue weighted by Gasteiger charge is -2.06. The van der Waals surface area contributed by atoms with Gasteiger partial charge in [-0.15, -0.1) is 6.58 Å². The lowest BCUT2D eigenvalue weighted by molar-refractivity contribution is 0.675. The fourth-order valence-electron chi connectivity index (χ4n) is 1.67. The van der Waals surface area contributed by atoms with E-state index in [1.54, 1.807) is 17.7 Å². The highest BCUT2D eigenvalue weighted by Gasteiger charge is 2.13. The molecule has 0 N–H and O–H groups in total. The van der Waals surface area contributed by atoms with Gasteiger partial charge in [-0.2, -0.15) is 0 Å². The van der Waals surface area contributed by atoms with E-state index < -0.39 is 0 Å². The molecule has 0 unspecified atom stereocenters. The summed E-state index contributed by atoms with van der Waals surface area (Å²) in [5, 5.41) is 0. The average molecular weight is 220 g/mol. The summed E-state index contributed by atoms with van der Waals surface area (Å²) in [6.07, 6.45) is 3.12. The van der Waals surface area contributed by atoms with Gasteiger partial charge in [-0.3, -0.25) is 13.9 Å². The lowest BCUT2D eigenvalue weighted by atomic mass is 10.5. The third-order valence-corrected chi connectivity index (χ3v) is 2.51. The van der Waals surface area contributed by atoms with Crippen LogP contribution in [0.4, 0.5) is 0 Å². The van der Waals surface area contributed by atoms with E-state index in [0.29, 0.717) is 17.7 Å². The van der Waals surface area contributed by atoms with Gasteiger partial charge in [-0.25, -0.2) is 9.78 Å². The van der Waals surface area contributed by atoms with Crippen molar-refractivity contribution in [1.29, 1.82) is 0 Å². The van der Waals surface area contributed by atoms with Crippen LogP contribution in [0.25, 0.3) is 11.2 Å². The molecule has 2 rings (SSSR count). The highest BCUT2D eigenvalue weighted by atomic mass is 16.2. The first-order chi connectivity index (χ1) is 7.57. The second-order valence-corrected chi connectivity index (χ2v) is 3.57. The molecular weight excluding hydrogens is 208 g/mol. The van der Waals surface area contributed by atoms with E-state index in [1.807, 2.05) is 0 Å². The molecule has 0 aliphatic carbocycles. The molecule has 0 saturated carbocycles. The number of nitrogens with zero attached hydrogens (tertiary/aromatic N) is 4. The number of aromatic nitrogens is 4. The van der Waals surface area contributed by atoms with Crippen LogP contribution >= 0.6 is 0 Å². The lowest BCUT2D eigenvalue weighted by Crippen LogP contribution is -2.38. The number of hydrogen-bond donors (Lipinski definition) is 0. The fourth-order valence-corrected chi connectivity index (χ4v) is 1.67. The maximum absolute atomic E-state index is 11.9. The smallest absolute Gasteiger partial charge is 0.328 e. The van der Waals surface area contributed by atoms with Gasteiger partial charge in [0.05, 0.1) is 6.33 Å². The minimum absolute atomic E-state index is 0.333. The quantitative estimate of drug-likeness (QED) is 0.648. The first kappa shape index (κ1) is 10.4. The Morgan fingerprint density at radius 1 is 1.44 bits per heavy atom. The van der Waals surface area contributed by atoms with E-state index in [9.17, 15) is 9.59 Å². The fraction of sp³-hybridized carbons (Fsp3) is 0.300. The molecule has 2 heterocycles. The molecule has 0 atom stereocenters. The largest absolute Gasteiger partial charge is 0.332 e. The van der Waals surface area contributed by atoms with E-state index in [-0.39, 0.29) is 11.2 Å². The molecule has 0 spiro atoms. The Morgan fingerprint density at radius 2 is 2.12 bits per heavy atom. The van der Waals surface area contributed by atoms with Crippen LogP contribution in [-0.2, 0) is 20.6 Å². The molecule has 2 aromatic heterocycles. The van der Waals surface area contributed by atoms with Gasteiger partial charge < -0.3 is 4.57 Å².